The van der Waals surface area contributed by atoms with Gasteiger partial charge in [0, 0.05) is 13.2 Å². The van der Waals surface area contributed by atoms with Crippen LogP contribution in [0, 0.1) is 0 Å². The lowest BCUT2D eigenvalue weighted by Gasteiger charge is -2.14. The number of methoxy groups -OCH3 is 1. The van der Waals surface area contributed by atoms with E-state index >= 15 is 0 Å². The molecule has 0 amide bonds. The largest absolute Gasteiger partial charge is 0.378 e. The molecule has 2 aliphatic rings. The van der Waals surface area contributed by atoms with Crippen molar-refractivity contribution in [2.45, 2.75) is 50.2 Å². The van der Waals surface area contributed by atoms with Crippen molar-refractivity contribution in [3.8, 4) is 0 Å². The van der Waals surface area contributed by atoms with Crippen LogP contribution in [-0.4, -0.2) is 19.3 Å². The number of hydrogen-bond donors (Lipinski definition) is 1. The molecule has 1 saturated carbocycles. The van der Waals surface area contributed by atoms with Gasteiger partial charge >= 0.3 is 0 Å². The van der Waals surface area contributed by atoms with Crippen LogP contribution in [0.25, 0.3) is 0 Å². The zero-order valence-electron chi connectivity index (χ0n) is 11.2. The van der Waals surface area contributed by atoms with E-state index < -0.39 is 0 Å². The third-order valence-electron chi connectivity index (χ3n) is 4.55. The van der Waals surface area contributed by atoms with Crippen LogP contribution < -0.4 is 5.32 Å². The monoisotopic (exact) mass is 245 g/mol. The second kappa shape index (κ2) is 5.02. The first kappa shape index (κ1) is 12.2. The molecule has 0 radical (unpaired) electrons. The highest BCUT2D eigenvalue weighted by Crippen LogP contribution is 2.42. The highest BCUT2D eigenvalue weighted by atomic mass is 16.5. The van der Waals surface area contributed by atoms with Gasteiger partial charge in [0.1, 0.15) is 0 Å². The molecule has 2 heteroatoms. The zero-order valence-corrected chi connectivity index (χ0v) is 11.2. The molecule has 1 aliphatic heterocycles. The first-order chi connectivity index (χ1) is 8.81. The molecule has 1 unspecified atom stereocenters. The second-order valence-corrected chi connectivity index (χ2v) is 5.78. The van der Waals surface area contributed by atoms with Crippen molar-refractivity contribution >= 4 is 0 Å². The van der Waals surface area contributed by atoms with E-state index in [1.54, 1.807) is 0 Å². The van der Waals surface area contributed by atoms with E-state index in [9.17, 15) is 0 Å². The SMILES string of the molecule is COC1(CCc2ccc(C3CCCN3)cc2)CC1. The van der Waals surface area contributed by atoms with Crippen LogP contribution in [0.4, 0.5) is 0 Å². The Morgan fingerprint density at radius 1 is 1.28 bits per heavy atom. The Labute approximate surface area is 110 Å². The van der Waals surface area contributed by atoms with Crippen LogP contribution in [0.2, 0.25) is 0 Å². The maximum atomic E-state index is 5.57. The van der Waals surface area contributed by atoms with Crippen molar-refractivity contribution in [1.82, 2.24) is 5.32 Å². The number of ether oxygens (including phenoxy) is 1. The van der Waals surface area contributed by atoms with E-state index in [0.717, 1.165) is 6.42 Å². The Kier molecular flexibility index (Phi) is 3.40. The minimum Gasteiger partial charge on any atom is -0.378 e. The van der Waals surface area contributed by atoms with Gasteiger partial charge in [-0.2, -0.15) is 0 Å². The topological polar surface area (TPSA) is 21.3 Å². The maximum absolute atomic E-state index is 5.57. The molecule has 0 spiro atoms. The Morgan fingerprint density at radius 2 is 2.06 bits per heavy atom. The molecule has 1 aromatic carbocycles. The summed E-state index contributed by atoms with van der Waals surface area (Å²) in [7, 11) is 1.85. The maximum Gasteiger partial charge on any atom is 0.0684 e. The average molecular weight is 245 g/mol. The molecular weight excluding hydrogens is 222 g/mol. The second-order valence-electron chi connectivity index (χ2n) is 5.78. The number of benzene rings is 1. The number of rotatable bonds is 5. The summed E-state index contributed by atoms with van der Waals surface area (Å²) in [5.74, 6) is 0. The summed E-state index contributed by atoms with van der Waals surface area (Å²) in [6.07, 6.45) is 7.40. The van der Waals surface area contributed by atoms with Crippen LogP contribution in [0.1, 0.15) is 49.3 Å². The fraction of sp³-hybridized carbons (Fsp3) is 0.625. The van der Waals surface area contributed by atoms with Crippen LogP contribution in [-0.2, 0) is 11.2 Å². The lowest BCUT2D eigenvalue weighted by molar-refractivity contribution is 0.0731. The van der Waals surface area contributed by atoms with Gasteiger partial charge in [-0.05, 0) is 56.2 Å². The standard InChI is InChI=1S/C16H23NO/c1-18-16(10-11-16)9-8-13-4-6-14(7-5-13)15-3-2-12-17-15/h4-7,15,17H,2-3,8-12H2,1H3. The van der Waals surface area contributed by atoms with Crippen LogP contribution in [0.3, 0.4) is 0 Å². The van der Waals surface area contributed by atoms with Crippen molar-refractivity contribution in [3.63, 3.8) is 0 Å². The molecule has 1 atom stereocenters. The van der Waals surface area contributed by atoms with Gasteiger partial charge in [-0.1, -0.05) is 24.3 Å². The predicted molar refractivity (Wildman–Crippen MR) is 73.7 cm³/mol. The van der Waals surface area contributed by atoms with Crippen molar-refractivity contribution in [2.24, 2.45) is 0 Å². The molecule has 1 heterocycles. The Hall–Kier alpha value is -0.860. The molecule has 0 aromatic heterocycles. The molecule has 0 bridgehead atoms. The molecule has 2 fully saturated rings. The predicted octanol–water partition coefficient (Wildman–Crippen LogP) is 3.22. The Balaban J connectivity index is 1.57. The third kappa shape index (κ3) is 2.60. The summed E-state index contributed by atoms with van der Waals surface area (Å²) in [6, 6.07) is 9.77. The van der Waals surface area contributed by atoms with Gasteiger partial charge in [0.05, 0.1) is 5.60 Å². The van der Waals surface area contributed by atoms with E-state index in [1.807, 2.05) is 7.11 Å². The molecule has 18 heavy (non-hydrogen) atoms. The van der Waals surface area contributed by atoms with Gasteiger partial charge in [-0.15, -0.1) is 0 Å². The van der Waals surface area contributed by atoms with Gasteiger partial charge in [0.25, 0.3) is 0 Å². The summed E-state index contributed by atoms with van der Waals surface area (Å²) in [5.41, 5.74) is 3.12. The molecular formula is C16H23NO. The fourth-order valence-corrected chi connectivity index (χ4v) is 2.95. The lowest BCUT2D eigenvalue weighted by Crippen LogP contribution is -2.13. The van der Waals surface area contributed by atoms with Crippen molar-refractivity contribution in [2.75, 3.05) is 13.7 Å². The lowest BCUT2D eigenvalue weighted by atomic mass is 10.0. The molecule has 98 valence electrons. The van der Waals surface area contributed by atoms with Crippen LogP contribution in [0.15, 0.2) is 24.3 Å². The van der Waals surface area contributed by atoms with Gasteiger partial charge < -0.3 is 10.1 Å². The minimum atomic E-state index is 0.228. The first-order valence-corrected chi connectivity index (χ1v) is 7.19. The van der Waals surface area contributed by atoms with Gasteiger partial charge in [0.15, 0.2) is 0 Å². The van der Waals surface area contributed by atoms with Crippen LogP contribution in [0.5, 0.6) is 0 Å². The van der Waals surface area contributed by atoms with Gasteiger partial charge in [-0.3, -0.25) is 0 Å². The molecule has 1 aliphatic carbocycles. The number of aryl methyl sites for hydroxylation is 1. The quantitative estimate of drug-likeness (QED) is 0.860. The highest BCUT2D eigenvalue weighted by molar-refractivity contribution is 5.26. The number of nitrogens with one attached hydrogen (secondary N) is 1. The summed E-state index contributed by atoms with van der Waals surface area (Å²) in [6.45, 7) is 1.17. The molecule has 1 N–H and O–H groups in total. The zero-order chi connectivity index (χ0) is 12.4. The molecule has 1 saturated heterocycles. The van der Waals surface area contributed by atoms with Crippen LogP contribution >= 0.6 is 0 Å². The minimum absolute atomic E-state index is 0.228. The molecule has 2 nitrogen and oxygen atoms in total. The first-order valence-electron chi connectivity index (χ1n) is 7.19. The molecule has 1 aromatic rings. The fourth-order valence-electron chi connectivity index (χ4n) is 2.95. The Bertz CT molecular complexity index is 388. The molecule has 3 rings (SSSR count). The van der Waals surface area contributed by atoms with E-state index in [0.29, 0.717) is 6.04 Å². The summed E-state index contributed by atoms with van der Waals surface area (Å²) >= 11 is 0. The normalized spacial score (nSPS) is 25.3. The third-order valence-corrected chi connectivity index (χ3v) is 4.55. The highest BCUT2D eigenvalue weighted by Gasteiger charge is 2.42. The number of hydrogen-bond acceptors (Lipinski definition) is 2. The van der Waals surface area contributed by atoms with E-state index in [-0.39, 0.29) is 5.60 Å². The van der Waals surface area contributed by atoms with Crippen molar-refractivity contribution in [3.05, 3.63) is 35.4 Å². The van der Waals surface area contributed by atoms with Gasteiger partial charge in [0.2, 0.25) is 0 Å². The summed E-state index contributed by atoms with van der Waals surface area (Å²) in [4.78, 5) is 0. The van der Waals surface area contributed by atoms with E-state index in [1.165, 1.54) is 49.8 Å². The summed E-state index contributed by atoms with van der Waals surface area (Å²) in [5, 5.41) is 3.55. The van der Waals surface area contributed by atoms with Crippen molar-refractivity contribution in [1.29, 1.82) is 0 Å². The Morgan fingerprint density at radius 3 is 2.61 bits per heavy atom. The van der Waals surface area contributed by atoms with E-state index in [2.05, 4.69) is 29.6 Å². The van der Waals surface area contributed by atoms with E-state index in [4.69, 9.17) is 4.74 Å². The van der Waals surface area contributed by atoms with Crippen molar-refractivity contribution < 1.29 is 4.74 Å². The smallest absolute Gasteiger partial charge is 0.0684 e. The average Bonchev–Trinajstić information content (AvgIpc) is 3.00. The summed E-state index contributed by atoms with van der Waals surface area (Å²) < 4.78 is 5.57. The van der Waals surface area contributed by atoms with Gasteiger partial charge in [-0.25, -0.2) is 0 Å².